The molecule has 0 fully saturated rings. The number of anilines is 1. The van der Waals surface area contributed by atoms with Gasteiger partial charge in [0.1, 0.15) is 0 Å². The molecule has 4 rings (SSSR count). The van der Waals surface area contributed by atoms with Crippen molar-refractivity contribution in [3.63, 3.8) is 0 Å². The lowest BCUT2D eigenvalue weighted by Gasteiger charge is -2.30. The first kappa shape index (κ1) is 19.1. The number of likely N-dealkylation sites (N-methyl/N-ethyl adjacent to an activating group) is 1. The van der Waals surface area contributed by atoms with Crippen molar-refractivity contribution < 1.29 is 19.4 Å². The van der Waals surface area contributed by atoms with Crippen LogP contribution in [0, 0.1) is 0 Å². The number of rotatable bonds is 6. The van der Waals surface area contributed by atoms with Crippen LogP contribution in [0.2, 0.25) is 0 Å². The smallest absolute Gasteiger partial charge is 0.266 e. The molecule has 5 heteroatoms. The molecule has 1 amide bonds. The van der Waals surface area contributed by atoms with Crippen LogP contribution in [-0.2, 0) is 21.7 Å². The number of hydrogen-bond donors (Lipinski definition) is 1. The van der Waals surface area contributed by atoms with E-state index < -0.39 is 23.4 Å². The molecule has 146 valence electrons. The Morgan fingerprint density at radius 1 is 0.966 bits per heavy atom. The van der Waals surface area contributed by atoms with Gasteiger partial charge in [-0.3, -0.25) is 9.59 Å². The zero-order chi connectivity index (χ0) is 20.4. The van der Waals surface area contributed by atoms with Crippen LogP contribution in [0.4, 0.5) is 5.69 Å². The third-order valence-electron chi connectivity index (χ3n) is 5.24. The molecule has 0 spiro atoms. The van der Waals surface area contributed by atoms with Crippen LogP contribution in [0.5, 0.6) is 0 Å². The number of benzene rings is 3. The SMILES string of the molecule is CN1C(=O)[C@@](O)([C@@H](OCc2ccccc2)C(=O)c2ccccc2)c2ccccc21. The summed E-state index contributed by atoms with van der Waals surface area (Å²) in [6, 6.07) is 24.9. The maximum absolute atomic E-state index is 13.4. The molecule has 0 unspecified atom stereocenters. The van der Waals surface area contributed by atoms with Gasteiger partial charge in [0.05, 0.1) is 12.3 Å². The number of carbonyl (C=O) groups is 2. The first-order chi connectivity index (χ1) is 14.0. The maximum Gasteiger partial charge on any atom is 0.266 e. The van der Waals surface area contributed by atoms with Gasteiger partial charge >= 0.3 is 0 Å². The fourth-order valence-corrected chi connectivity index (χ4v) is 3.72. The third kappa shape index (κ3) is 3.24. The Balaban J connectivity index is 1.77. The third-order valence-corrected chi connectivity index (χ3v) is 5.24. The minimum Gasteiger partial charge on any atom is -0.373 e. The Morgan fingerprint density at radius 2 is 1.55 bits per heavy atom. The minimum atomic E-state index is -2.10. The second kappa shape index (κ2) is 7.62. The normalized spacial score (nSPS) is 19.1. The Labute approximate surface area is 169 Å². The Morgan fingerprint density at radius 3 is 2.24 bits per heavy atom. The highest BCUT2D eigenvalue weighted by atomic mass is 16.5. The summed E-state index contributed by atoms with van der Waals surface area (Å²) < 4.78 is 5.96. The first-order valence-electron chi connectivity index (χ1n) is 9.38. The molecule has 3 aromatic rings. The number of amides is 1. The molecule has 1 aliphatic rings. The zero-order valence-electron chi connectivity index (χ0n) is 16.0. The largest absolute Gasteiger partial charge is 0.373 e. The van der Waals surface area contributed by atoms with E-state index >= 15 is 0 Å². The van der Waals surface area contributed by atoms with E-state index in [0.29, 0.717) is 16.8 Å². The van der Waals surface area contributed by atoms with Gasteiger partial charge < -0.3 is 14.7 Å². The molecular formula is C24H21NO4. The molecule has 3 aromatic carbocycles. The lowest BCUT2D eigenvalue weighted by molar-refractivity contribution is -0.151. The molecule has 1 N–H and O–H groups in total. The van der Waals surface area contributed by atoms with Gasteiger partial charge in [-0.1, -0.05) is 78.9 Å². The van der Waals surface area contributed by atoms with E-state index in [9.17, 15) is 14.7 Å². The summed E-state index contributed by atoms with van der Waals surface area (Å²) in [5, 5.41) is 11.6. The van der Waals surface area contributed by atoms with Crippen LogP contribution in [0.3, 0.4) is 0 Å². The Bertz CT molecular complexity index is 1040. The van der Waals surface area contributed by atoms with E-state index in [4.69, 9.17) is 4.74 Å². The number of fused-ring (bicyclic) bond motifs is 1. The van der Waals surface area contributed by atoms with Gasteiger partial charge in [0, 0.05) is 18.2 Å². The van der Waals surface area contributed by atoms with Gasteiger partial charge in [-0.25, -0.2) is 0 Å². The molecule has 29 heavy (non-hydrogen) atoms. The first-order valence-corrected chi connectivity index (χ1v) is 9.38. The monoisotopic (exact) mass is 387 g/mol. The molecule has 2 atom stereocenters. The second-order valence-electron chi connectivity index (χ2n) is 7.05. The quantitative estimate of drug-likeness (QED) is 0.659. The fraction of sp³-hybridized carbons (Fsp3) is 0.167. The lowest BCUT2D eigenvalue weighted by Crippen LogP contribution is -2.52. The van der Waals surface area contributed by atoms with Crippen LogP contribution in [0.15, 0.2) is 84.9 Å². The number of hydrogen-bond acceptors (Lipinski definition) is 4. The number of aliphatic hydroxyl groups is 1. The van der Waals surface area contributed by atoms with Crippen molar-refractivity contribution in [3.05, 3.63) is 102 Å². The van der Waals surface area contributed by atoms with E-state index in [1.165, 1.54) is 4.90 Å². The fourth-order valence-electron chi connectivity index (χ4n) is 3.72. The number of ether oxygens (including phenoxy) is 1. The summed E-state index contributed by atoms with van der Waals surface area (Å²) >= 11 is 0. The van der Waals surface area contributed by atoms with E-state index in [0.717, 1.165) is 5.56 Å². The summed E-state index contributed by atoms with van der Waals surface area (Å²) in [6.45, 7) is 0.0888. The van der Waals surface area contributed by atoms with Crippen molar-refractivity contribution in [3.8, 4) is 0 Å². The highest BCUT2D eigenvalue weighted by Gasteiger charge is 2.57. The van der Waals surface area contributed by atoms with Gasteiger partial charge in [0.15, 0.2) is 11.9 Å². The predicted octanol–water partition coefficient (Wildman–Crippen LogP) is 3.32. The van der Waals surface area contributed by atoms with Crippen molar-refractivity contribution >= 4 is 17.4 Å². The molecule has 0 aliphatic carbocycles. The number of nitrogens with zero attached hydrogens (tertiary/aromatic N) is 1. The van der Waals surface area contributed by atoms with E-state index in [1.807, 2.05) is 30.3 Å². The number of carbonyl (C=O) groups excluding carboxylic acids is 2. The van der Waals surface area contributed by atoms with Crippen LogP contribution in [0.25, 0.3) is 0 Å². The number of para-hydroxylation sites is 1. The molecule has 0 saturated heterocycles. The average Bonchev–Trinajstić information content (AvgIpc) is 2.97. The maximum atomic E-state index is 13.4. The average molecular weight is 387 g/mol. The molecule has 5 nitrogen and oxygen atoms in total. The van der Waals surface area contributed by atoms with Gasteiger partial charge in [0.2, 0.25) is 5.60 Å². The standard InChI is InChI=1S/C24H21NO4/c1-25-20-15-9-8-14-19(20)24(28,23(25)27)22(21(26)18-12-6-3-7-13-18)29-16-17-10-4-2-5-11-17/h2-15,22,28H,16H2,1H3/t22-,24-/m0/s1. The second-order valence-corrected chi connectivity index (χ2v) is 7.05. The molecular weight excluding hydrogens is 366 g/mol. The van der Waals surface area contributed by atoms with Gasteiger partial charge in [-0.15, -0.1) is 0 Å². The van der Waals surface area contributed by atoms with E-state index in [1.54, 1.807) is 61.6 Å². The van der Waals surface area contributed by atoms with Crippen molar-refractivity contribution in [2.24, 2.45) is 0 Å². The molecule has 1 aliphatic heterocycles. The van der Waals surface area contributed by atoms with Crippen LogP contribution < -0.4 is 4.90 Å². The van der Waals surface area contributed by atoms with Gasteiger partial charge in [-0.05, 0) is 11.6 Å². The summed E-state index contributed by atoms with van der Waals surface area (Å²) in [4.78, 5) is 27.8. The molecule has 0 aromatic heterocycles. The molecule has 0 saturated carbocycles. The highest BCUT2D eigenvalue weighted by molar-refractivity contribution is 6.12. The van der Waals surface area contributed by atoms with Gasteiger partial charge in [0.25, 0.3) is 5.91 Å². The minimum absolute atomic E-state index is 0.0888. The zero-order valence-corrected chi connectivity index (χ0v) is 16.0. The topological polar surface area (TPSA) is 66.8 Å². The highest BCUT2D eigenvalue weighted by Crippen LogP contribution is 2.43. The van der Waals surface area contributed by atoms with Crippen LogP contribution >= 0.6 is 0 Å². The number of Topliss-reactive ketones (excluding diaryl/α,β-unsaturated/α-hetero) is 1. The van der Waals surface area contributed by atoms with Gasteiger partial charge in [-0.2, -0.15) is 0 Å². The molecule has 1 heterocycles. The molecule has 0 bridgehead atoms. The van der Waals surface area contributed by atoms with Crippen molar-refractivity contribution in [1.82, 2.24) is 0 Å². The summed E-state index contributed by atoms with van der Waals surface area (Å²) in [6.07, 6.45) is -1.39. The lowest BCUT2D eigenvalue weighted by atomic mass is 9.85. The summed E-state index contributed by atoms with van der Waals surface area (Å²) in [5.74, 6) is -1.02. The number of ketones is 1. The van der Waals surface area contributed by atoms with Crippen molar-refractivity contribution in [1.29, 1.82) is 0 Å². The Kier molecular flexibility index (Phi) is 5.01. The summed E-state index contributed by atoms with van der Waals surface area (Å²) in [5.41, 5.74) is 0.0458. The Hall–Kier alpha value is -3.28. The van der Waals surface area contributed by atoms with E-state index in [-0.39, 0.29) is 6.61 Å². The van der Waals surface area contributed by atoms with Crippen molar-refractivity contribution in [2.75, 3.05) is 11.9 Å². The predicted molar refractivity (Wildman–Crippen MR) is 110 cm³/mol. The van der Waals surface area contributed by atoms with Crippen molar-refractivity contribution in [2.45, 2.75) is 18.3 Å². The summed E-state index contributed by atoms with van der Waals surface area (Å²) in [7, 11) is 1.58. The van der Waals surface area contributed by atoms with E-state index in [2.05, 4.69) is 0 Å². The van der Waals surface area contributed by atoms with Crippen LogP contribution in [0.1, 0.15) is 21.5 Å². The van der Waals surface area contributed by atoms with Crippen LogP contribution in [-0.4, -0.2) is 29.9 Å². The molecule has 0 radical (unpaired) electrons.